The third-order valence-corrected chi connectivity index (χ3v) is 3.75. The molecule has 0 aromatic heterocycles. The fourth-order valence-electron chi connectivity index (χ4n) is 2.32. The maximum atomic E-state index is 12.2. The Bertz CT molecular complexity index is 975. The van der Waals surface area contributed by atoms with Crippen molar-refractivity contribution >= 4 is 23.5 Å². The molecule has 0 atom stereocenters. The molecule has 0 bridgehead atoms. The lowest BCUT2D eigenvalue weighted by Gasteiger charge is -2.07. The molecular weight excluding hydrogens is 374 g/mol. The Labute approximate surface area is 167 Å². The number of carbonyl (C=O) groups excluding carboxylic acids is 2. The average molecular weight is 393 g/mol. The van der Waals surface area contributed by atoms with Crippen LogP contribution in [0, 0.1) is 11.3 Å². The summed E-state index contributed by atoms with van der Waals surface area (Å²) >= 11 is 0. The maximum Gasteiger partial charge on any atom is 0.338 e. The van der Waals surface area contributed by atoms with Gasteiger partial charge in [0, 0.05) is 18.4 Å². The van der Waals surface area contributed by atoms with Gasteiger partial charge in [0.05, 0.1) is 17.7 Å². The molecule has 8 heteroatoms. The van der Waals surface area contributed by atoms with E-state index in [0.29, 0.717) is 18.7 Å². The van der Waals surface area contributed by atoms with Gasteiger partial charge in [-0.25, -0.2) is 9.59 Å². The lowest BCUT2D eigenvalue weighted by molar-refractivity contribution is -0.112. The molecule has 29 heavy (non-hydrogen) atoms. The number of nitrogens with zero attached hydrogens (tertiary/aromatic N) is 1. The molecule has 8 nitrogen and oxygen atoms in total. The quantitative estimate of drug-likeness (QED) is 0.357. The van der Waals surface area contributed by atoms with Crippen LogP contribution in [-0.4, -0.2) is 29.6 Å². The molecule has 2 aromatic carbocycles. The van der Waals surface area contributed by atoms with Crippen molar-refractivity contribution in [3.8, 4) is 6.07 Å². The van der Waals surface area contributed by atoms with E-state index < -0.39 is 17.8 Å². The molecule has 0 radical (unpaired) electrons. The van der Waals surface area contributed by atoms with Crippen LogP contribution in [0.15, 0.2) is 60.3 Å². The topological polar surface area (TPSA) is 129 Å². The second-order valence-corrected chi connectivity index (χ2v) is 5.81. The summed E-state index contributed by atoms with van der Waals surface area (Å²) in [5.74, 6) is -2.18. The van der Waals surface area contributed by atoms with Crippen molar-refractivity contribution in [1.82, 2.24) is 5.32 Å². The second kappa shape index (κ2) is 10.3. The Hall–Kier alpha value is -4.12. The highest BCUT2D eigenvalue weighted by Crippen LogP contribution is 2.12. The van der Waals surface area contributed by atoms with Gasteiger partial charge in [0.1, 0.15) is 11.6 Å². The molecule has 0 spiro atoms. The van der Waals surface area contributed by atoms with Crippen molar-refractivity contribution in [2.45, 2.75) is 13.5 Å². The number of ether oxygens (including phenoxy) is 1. The number of hydrogen-bond donors (Lipinski definition) is 3. The number of carbonyl (C=O) groups is 3. The first-order chi connectivity index (χ1) is 13.9. The van der Waals surface area contributed by atoms with Crippen molar-refractivity contribution in [3.05, 3.63) is 77.0 Å². The van der Waals surface area contributed by atoms with Crippen molar-refractivity contribution in [1.29, 1.82) is 5.26 Å². The van der Waals surface area contributed by atoms with Crippen LogP contribution in [0.3, 0.4) is 0 Å². The number of carboxylic acid groups (broad SMARTS) is 1. The molecule has 0 saturated heterocycles. The van der Waals surface area contributed by atoms with Gasteiger partial charge in [-0.2, -0.15) is 5.26 Å². The standard InChI is InChI=1S/C21H19N3O5/c1-2-29-21(28)15-8-6-14(7-9-15)12-23-13-17(11-22)19(25)24-18-5-3-4-16(10-18)20(26)27/h3-10,13,23H,2,12H2,1H3,(H,24,25)(H,26,27)/b17-13-. The molecule has 1 amide bonds. The van der Waals surface area contributed by atoms with Gasteiger partial charge in [-0.3, -0.25) is 4.79 Å². The van der Waals surface area contributed by atoms with Crippen LogP contribution >= 0.6 is 0 Å². The molecule has 0 unspecified atom stereocenters. The van der Waals surface area contributed by atoms with Crippen LogP contribution < -0.4 is 10.6 Å². The van der Waals surface area contributed by atoms with Gasteiger partial charge < -0.3 is 20.5 Å². The highest BCUT2D eigenvalue weighted by molar-refractivity contribution is 6.06. The van der Waals surface area contributed by atoms with E-state index in [1.165, 1.54) is 30.5 Å². The van der Waals surface area contributed by atoms with Crippen LogP contribution in [0.5, 0.6) is 0 Å². The lowest BCUT2D eigenvalue weighted by atomic mass is 10.1. The Morgan fingerprint density at radius 3 is 2.48 bits per heavy atom. The zero-order valence-corrected chi connectivity index (χ0v) is 15.6. The SMILES string of the molecule is CCOC(=O)c1ccc(CN/C=C(/C#N)C(=O)Nc2cccc(C(=O)O)c2)cc1. The first-order valence-electron chi connectivity index (χ1n) is 8.69. The lowest BCUT2D eigenvalue weighted by Crippen LogP contribution is -2.17. The Balaban J connectivity index is 1.97. The third-order valence-electron chi connectivity index (χ3n) is 3.75. The minimum Gasteiger partial charge on any atom is -0.478 e. The molecule has 0 fully saturated rings. The zero-order valence-electron chi connectivity index (χ0n) is 15.6. The largest absolute Gasteiger partial charge is 0.478 e. The molecule has 2 rings (SSSR count). The maximum absolute atomic E-state index is 12.2. The van der Waals surface area contributed by atoms with Gasteiger partial charge >= 0.3 is 11.9 Å². The summed E-state index contributed by atoms with van der Waals surface area (Å²) in [6.07, 6.45) is 1.27. The van der Waals surface area contributed by atoms with Crippen LogP contribution in [-0.2, 0) is 16.1 Å². The van der Waals surface area contributed by atoms with E-state index in [9.17, 15) is 19.6 Å². The number of esters is 1. The van der Waals surface area contributed by atoms with Crippen molar-refractivity contribution in [3.63, 3.8) is 0 Å². The number of nitriles is 1. The highest BCUT2D eigenvalue weighted by Gasteiger charge is 2.11. The van der Waals surface area contributed by atoms with E-state index in [1.807, 2.05) is 0 Å². The van der Waals surface area contributed by atoms with Crippen molar-refractivity contribution in [2.24, 2.45) is 0 Å². The molecule has 2 aromatic rings. The smallest absolute Gasteiger partial charge is 0.338 e. The Morgan fingerprint density at radius 1 is 1.14 bits per heavy atom. The van der Waals surface area contributed by atoms with Gasteiger partial charge in [-0.15, -0.1) is 0 Å². The molecule has 0 saturated carbocycles. The fourth-order valence-corrected chi connectivity index (χ4v) is 2.32. The van der Waals surface area contributed by atoms with Crippen LogP contribution in [0.1, 0.15) is 33.2 Å². The minimum atomic E-state index is -1.12. The molecule has 0 aliphatic rings. The van der Waals surface area contributed by atoms with Crippen LogP contribution in [0.4, 0.5) is 5.69 Å². The van der Waals surface area contributed by atoms with Gasteiger partial charge in [-0.05, 0) is 42.8 Å². The second-order valence-electron chi connectivity index (χ2n) is 5.81. The van der Waals surface area contributed by atoms with Crippen molar-refractivity contribution in [2.75, 3.05) is 11.9 Å². The number of rotatable bonds is 8. The predicted octanol–water partition coefficient (Wildman–Crippen LogP) is 2.70. The number of aromatic carboxylic acids is 1. The normalized spacial score (nSPS) is 10.6. The van der Waals surface area contributed by atoms with Crippen molar-refractivity contribution < 1.29 is 24.2 Å². The summed E-state index contributed by atoms with van der Waals surface area (Å²) in [4.78, 5) is 34.8. The van der Waals surface area contributed by atoms with Crippen LogP contribution in [0.2, 0.25) is 0 Å². The highest BCUT2D eigenvalue weighted by atomic mass is 16.5. The summed E-state index contributed by atoms with van der Waals surface area (Å²) in [5, 5.41) is 23.5. The summed E-state index contributed by atoms with van der Waals surface area (Å²) in [7, 11) is 0. The first-order valence-corrected chi connectivity index (χ1v) is 8.69. The van der Waals surface area contributed by atoms with Crippen LogP contribution in [0.25, 0.3) is 0 Å². The van der Waals surface area contributed by atoms with E-state index >= 15 is 0 Å². The summed E-state index contributed by atoms with van der Waals surface area (Å²) in [6.45, 7) is 2.36. The van der Waals surface area contributed by atoms with Gasteiger partial charge in [0.15, 0.2) is 0 Å². The number of amides is 1. The minimum absolute atomic E-state index is 0.0228. The molecule has 0 aliphatic carbocycles. The number of nitrogens with one attached hydrogen (secondary N) is 2. The molecular formula is C21H19N3O5. The third kappa shape index (κ3) is 6.22. The number of carboxylic acids is 1. The number of anilines is 1. The average Bonchev–Trinajstić information content (AvgIpc) is 2.72. The number of hydrogen-bond acceptors (Lipinski definition) is 6. The Kier molecular flexibility index (Phi) is 7.51. The molecule has 0 aliphatic heterocycles. The van der Waals surface area contributed by atoms with E-state index in [0.717, 1.165) is 5.56 Å². The fraction of sp³-hybridized carbons (Fsp3) is 0.143. The molecule has 0 heterocycles. The van der Waals surface area contributed by atoms with Gasteiger partial charge in [0.25, 0.3) is 5.91 Å². The Morgan fingerprint density at radius 2 is 1.86 bits per heavy atom. The van der Waals surface area contributed by atoms with Gasteiger partial charge in [0.2, 0.25) is 0 Å². The number of benzene rings is 2. The summed E-state index contributed by atoms with van der Waals surface area (Å²) in [6, 6.07) is 14.2. The summed E-state index contributed by atoms with van der Waals surface area (Å²) in [5.41, 5.74) is 1.39. The van der Waals surface area contributed by atoms with E-state index in [-0.39, 0.29) is 16.8 Å². The molecule has 3 N–H and O–H groups in total. The predicted molar refractivity (Wildman–Crippen MR) is 105 cm³/mol. The van der Waals surface area contributed by atoms with Gasteiger partial charge in [-0.1, -0.05) is 18.2 Å². The monoisotopic (exact) mass is 393 g/mol. The zero-order chi connectivity index (χ0) is 21.2. The molecule has 148 valence electrons. The van der Waals surface area contributed by atoms with E-state index in [4.69, 9.17) is 9.84 Å². The first kappa shape index (κ1) is 21.2. The van der Waals surface area contributed by atoms with E-state index in [1.54, 1.807) is 37.3 Å². The summed E-state index contributed by atoms with van der Waals surface area (Å²) < 4.78 is 4.91. The van der Waals surface area contributed by atoms with E-state index in [2.05, 4.69) is 10.6 Å².